The van der Waals surface area contributed by atoms with Crippen LogP contribution in [0, 0.1) is 34.5 Å². The number of carbonyl (C=O) groups is 2. The molecule has 7 fully saturated rings. The van der Waals surface area contributed by atoms with E-state index in [0.717, 1.165) is 44.1 Å². The molecule has 4 saturated carbocycles. The van der Waals surface area contributed by atoms with Crippen molar-refractivity contribution in [3.63, 3.8) is 0 Å². The largest absolute Gasteiger partial charge is 0.459 e. The Morgan fingerprint density at radius 2 is 1.38 bits per heavy atom. The van der Waals surface area contributed by atoms with Gasteiger partial charge < -0.3 is 63.4 Å². The van der Waals surface area contributed by atoms with Crippen LogP contribution in [0.3, 0.4) is 0 Å². The molecule has 0 radical (unpaired) electrons. The molecule has 4 aliphatic heterocycles. The lowest BCUT2D eigenvalue weighted by Crippen LogP contribution is -2.67. The Labute approximate surface area is 341 Å². The van der Waals surface area contributed by atoms with Gasteiger partial charge in [-0.1, -0.05) is 13.8 Å². The van der Waals surface area contributed by atoms with Gasteiger partial charge in [-0.25, -0.2) is 4.79 Å². The Hall–Kier alpha value is -1.76. The molecule has 0 spiro atoms. The third-order valence-corrected chi connectivity index (χ3v) is 16.2. The highest BCUT2D eigenvalue weighted by Gasteiger charge is 2.71. The summed E-state index contributed by atoms with van der Waals surface area (Å²) in [6.45, 7) is 11.2. The number of cyclic esters (lactones) is 1. The first kappa shape index (κ1) is 42.9. The van der Waals surface area contributed by atoms with Crippen molar-refractivity contribution in [2.75, 3.05) is 6.61 Å². The molecule has 15 nitrogen and oxygen atoms in total. The first-order chi connectivity index (χ1) is 27.4. The second-order valence-corrected chi connectivity index (χ2v) is 19.4. The van der Waals surface area contributed by atoms with Crippen LogP contribution in [0.5, 0.6) is 0 Å². The second-order valence-electron chi connectivity index (χ2n) is 19.4. The lowest BCUT2D eigenvalue weighted by molar-refractivity contribution is -0.336. The average Bonchev–Trinajstić information content (AvgIpc) is 3.70. The van der Waals surface area contributed by atoms with Gasteiger partial charge in [-0.3, -0.25) is 4.79 Å². The Morgan fingerprint density at radius 3 is 1.98 bits per heavy atom. The maximum Gasteiger partial charge on any atom is 0.331 e. The highest BCUT2D eigenvalue weighted by Crippen LogP contribution is 2.70. The second kappa shape index (κ2) is 16.2. The number of rotatable bonds is 8. The summed E-state index contributed by atoms with van der Waals surface area (Å²) >= 11 is 0. The molecule has 0 bridgehead atoms. The maximum atomic E-state index is 12.6. The molecule has 12 unspecified atom stereocenters. The quantitative estimate of drug-likeness (QED) is 0.176. The van der Waals surface area contributed by atoms with Gasteiger partial charge >= 0.3 is 11.9 Å². The minimum atomic E-state index is -1.02. The van der Waals surface area contributed by atoms with E-state index in [2.05, 4.69) is 6.92 Å². The standard InChI is InChI=1S/C43H66O15/c1-20-38(49)32(55-23(4)44)18-37(52-20)58-40-22(3)54-36(17-31(40)46)57-39-21(2)53-35(16-30(39)45)56-26-9-11-41(5)25(14-26)7-8-28-29(41)15-33(47)42(6)27(10-12-43(28,42)50)24-13-34(48)51-19-24/h13,20-22,25-33,35-40,45-47,49-50H,7-12,14-19H2,1-6H3/t20?,21?,22?,25-,26+,27-,28-,29+,30?,31?,32?,33-,35?,36?,37?,38?,39?,40?,41+,42+,43+/m0/s1. The first-order valence-electron chi connectivity index (χ1n) is 21.8. The third-order valence-electron chi connectivity index (χ3n) is 16.2. The van der Waals surface area contributed by atoms with Gasteiger partial charge in [0.15, 0.2) is 18.9 Å². The van der Waals surface area contributed by atoms with Crippen molar-refractivity contribution in [2.45, 2.75) is 204 Å². The molecule has 8 rings (SSSR count). The Morgan fingerprint density at radius 1 is 0.759 bits per heavy atom. The van der Waals surface area contributed by atoms with Crippen molar-refractivity contribution in [3.8, 4) is 0 Å². The van der Waals surface area contributed by atoms with Crippen LogP contribution in [-0.4, -0.2) is 136 Å². The van der Waals surface area contributed by atoms with Crippen molar-refractivity contribution in [1.29, 1.82) is 0 Å². The number of aliphatic hydroxyl groups is 5. The molecule has 4 heterocycles. The van der Waals surface area contributed by atoms with Crippen LogP contribution in [-0.2, 0) is 47.5 Å². The normalized spacial score (nSPS) is 53.2. The number of aliphatic hydroxyl groups excluding tert-OH is 4. The van der Waals surface area contributed by atoms with Crippen molar-refractivity contribution in [3.05, 3.63) is 11.6 Å². The number of hydrogen-bond acceptors (Lipinski definition) is 15. The van der Waals surface area contributed by atoms with Crippen LogP contribution in [0.2, 0.25) is 0 Å². The Balaban J connectivity index is 0.829. The van der Waals surface area contributed by atoms with E-state index in [1.165, 1.54) is 6.92 Å². The van der Waals surface area contributed by atoms with Crippen molar-refractivity contribution in [1.82, 2.24) is 0 Å². The highest BCUT2D eigenvalue weighted by atomic mass is 16.7. The molecule has 0 amide bonds. The minimum absolute atomic E-state index is 0.0561. The van der Waals surface area contributed by atoms with Crippen molar-refractivity contribution >= 4 is 11.9 Å². The summed E-state index contributed by atoms with van der Waals surface area (Å²) in [5, 5.41) is 57.3. The van der Waals surface area contributed by atoms with Crippen molar-refractivity contribution in [2.24, 2.45) is 34.5 Å². The number of esters is 2. The minimum Gasteiger partial charge on any atom is -0.459 e. The summed E-state index contributed by atoms with van der Waals surface area (Å²) in [6.07, 6.45) is -1.66. The highest BCUT2D eigenvalue weighted by molar-refractivity contribution is 5.85. The third kappa shape index (κ3) is 7.49. The van der Waals surface area contributed by atoms with Gasteiger partial charge in [-0.15, -0.1) is 0 Å². The van der Waals surface area contributed by atoms with Gasteiger partial charge in [0, 0.05) is 37.7 Å². The predicted molar refractivity (Wildman–Crippen MR) is 202 cm³/mol. The summed E-state index contributed by atoms with van der Waals surface area (Å²) in [5.74, 6) is -0.345. The molecular weight excluding hydrogens is 756 g/mol. The molecule has 0 aromatic heterocycles. The summed E-state index contributed by atoms with van der Waals surface area (Å²) in [6, 6.07) is 0. The van der Waals surface area contributed by atoms with E-state index in [0.29, 0.717) is 18.8 Å². The van der Waals surface area contributed by atoms with E-state index < -0.39 is 96.9 Å². The van der Waals surface area contributed by atoms with Crippen LogP contribution in [0.25, 0.3) is 0 Å². The lowest BCUT2D eigenvalue weighted by Gasteiger charge is -2.65. The summed E-state index contributed by atoms with van der Waals surface area (Å²) < 4.78 is 47.7. The molecule has 8 aliphatic rings. The van der Waals surface area contributed by atoms with Gasteiger partial charge in [-0.05, 0) is 107 Å². The topological polar surface area (TPSA) is 209 Å². The SMILES string of the molecule is CC(=O)OC1CC(OC2C(O)CC(OC3C(O)CC(O[C@@H]4CC[C@]5(C)[C@@H](CC[C@H]6[C@H]5C[C@H](O)[C@@]5(C)[C@H](C7=CC(=O)OC7)CC[C@@]65O)C4)OC3C)OC2C)OC(C)C1O. The number of carbonyl (C=O) groups excluding carboxylic acids is 2. The lowest BCUT2D eigenvalue weighted by atomic mass is 9.42. The molecule has 5 N–H and O–H groups in total. The molecule has 0 aromatic rings. The average molecular weight is 823 g/mol. The zero-order valence-corrected chi connectivity index (χ0v) is 34.8. The molecule has 3 saturated heterocycles. The molecule has 58 heavy (non-hydrogen) atoms. The van der Waals surface area contributed by atoms with Crippen LogP contribution in [0.4, 0.5) is 0 Å². The summed E-state index contributed by atoms with van der Waals surface area (Å²) in [4.78, 5) is 23.5. The Bertz CT molecular complexity index is 1530. The monoisotopic (exact) mass is 822 g/mol. The van der Waals surface area contributed by atoms with Crippen LogP contribution in [0.15, 0.2) is 11.6 Å². The zero-order valence-electron chi connectivity index (χ0n) is 34.8. The predicted octanol–water partition coefficient (Wildman–Crippen LogP) is 2.79. The molecule has 4 aliphatic carbocycles. The van der Waals surface area contributed by atoms with Crippen LogP contribution >= 0.6 is 0 Å². The van der Waals surface area contributed by atoms with Crippen molar-refractivity contribution < 1.29 is 73.0 Å². The van der Waals surface area contributed by atoms with Gasteiger partial charge in [0.25, 0.3) is 0 Å². The first-order valence-corrected chi connectivity index (χ1v) is 21.8. The summed E-state index contributed by atoms with van der Waals surface area (Å²) in [5.41, 5.74) is -0.918. The fourth-order valence-corrected chi connectivity index (χ4v) is 13.1. The molecule has 21 atom stereocenters. The van der Waals surface area contributed by atoms with Gasteiger partial charge in [-0.2, -0.15) is 0 Å². The Kier molecular flexibility index (Phi) is 12.0. The van der Waals surface area contributed by atoms with Crippen LogP contribution in [0.1, 0.15) is 112 Å². The van der Waals surface area contributed by atoms with Gasteiger partial charge in [0.2, 0.25) is 0 Å². The van der Waals surface area contributed by atoms with E-state index in [1.54, 1.807) is 19.9 Å². The zero-order chi connectivity index (χ0) is 41.5. The molecular formula is C43H66O15. The van der Waals surface area contributed by atoms with Gasteiger partial charge in [0.05, 0.1) is 48.3 Å². The fourth-order valence-electron chi connectivity index (χ4n) is 13.1. The smallest absolute Gasteiger partial charge is 0.331 e. The van der Waals surface area contributed by atoms with E-state index in [-0.39, 0.29) is 61.1 Å². The van der Waals surface area contributed by atoms with Crippen LogP contribution < -0.4 is 0 Å². The van der Waals surface area contributed by atoms with E-state index >= 15 is 0 Å². The molecule has 15 heteroatoms. The van der Waals surface area contributed by atoms with E-state index in [4.69, 9.17) is 37.9 Å². The number of fused-ring (bicyclic) bond motifs is 5. The summed E-state index contributed by atoms with van der Waals surface area (Å²) in [7, 11) is 0. The molecule has 0 aromatic carbocycles. The van der Waals surface area contributed by atoms with Gasteiger partial charge in [0.1, 0.15) is 31.0 Å². The van der Waals surface area contributed by atoms with E-state index in [9.17, 15) is 35.1 Å². The molecule has 328 valence electrons. The number of hydrogen-bond donors (Lipinski definition) is 5. The van der Waals surface area contributed by atoms with E-state index in [1.807, 2.05) is 13.8 Å². The number of ether oxygens (including phenoxy) is 8. The maximum absolute atomic E-state index is 12.6. The fraction of sp³-hybridized carbons (Fsp3) is 0.907.